The maximum absolute atomic E-state index is 12.7. The van der Waals surface area contributed by atoms with E-state index in [0.717, 1.165) is 51.1 Å². The molecular formula is C19H29Cl2N3O. The van der Waals surface area contributed by atoms with Crippen LogP contribution >= 0.6 is 24.8 Å². The third kappa shape index (κ3) is 4.24. The molecule has 25 heavy (non-hydrogen) atoms. The first kappa shape index (κ1) is 20.3. The Hall–Kier alpha value is -0.970. The van der Waals surface area contributed by atoms with E-state index in [9.17, 15) is 4.79 Å². The number of amides is 1. The van der Waals surface area contributed by atoms with Crippen molar-refractivity contribution in [1.82, 2.24) is 5.32 Å². The molecule has 0 aromatic heterocycles. The van der Waals surface area contributed by atoms with E-state index in [1.54, 1.807) is 0 Å². The second-order valence-electron chi connectivity index (χ2n) is 7.42. The van der Waals surface area contributed by atoms with Crippen molar-refractivity contribution in [2.24, 2.45) is 11.3 Å². The van der Waals surface area contributed by atoms with Crippen molar-refractivity contribution in [1.29, 1.82) is 0 Å². The number of piperidine rings is 2. The summed E-state index contributed by atoms with van der Waals surface area (Å²) in [6.07, 6.45) is 7.20. The first-order valence-corrected chi connectivity index (χ1v) is 9.14. The second kappa shape index (κ2) is 8.61. The fourth-order valence-electron chi connectivity index (χ4n) is 4.41. The zero-order valence-corrected chi connectivity index (χ0v) is 16.3. The van der Waals surface area contributed by atoms with Crippen LogP contribution in [0.2, 0.25) is 0 Å². The van der Waals surface area contributed by atoms with Crippen molar-refractivity contribution < 1.29 is 4.79 Å². The Morgan fingerprint density at radius 1 is 1.08 bits per heavy atom. The normalized spacial score (nSPS) is 24.0. The highest BCUT2D eigenvalue weighted by Crippen LogP contribution is 2.58. The fourth-order valence-corrected chi connectivity index (χ4v) is 4.41. The molecule has 2 aliphatic heterocycles. The van der Waals surface area contributed by atoms with Crippen LogP contribution in [0.5, 0.6) is 0 Å². The van der Waals surface area contributed by atoms with Crippen molar-refractivity contribution in [3.05, 3.63) is 24.3 Å². The van der Waals surface area contributed by atoms with Gasteiger partial charge in [-0.15, -0.1) is 24.8 Å². The van der Waals surface area contributed by atoms with Gasteiger partial charge in [0.25, 0.3) is 0 Å². The van der Waals surface area contributed by atoms with E-state index in [1.165, 1.54) is 24.9 Å². The third-order valence-electron chi connectivity index (χ3n) is 5.96. The van der Waals surface area contributed by atoms with Crippen LogP contribution in [0.4, 0.5) is 11.4 Å². The molecule has 2 N–H and O–H groups in total. The SMILES string of the molecule is Cl.Cl.O=C(Nc1ccccc1N1CCCCC1)C1CC12CCNCC2. The number of carbonyl (C=O) groups excluding carboxylic acids is 1. The van der Waals surface area contributed by atoms with E-state index in [4.69, 9.17) is 0 Å². The van der Waals surface area contributed by atoms with Crippen LogP contribution in [0.1, 0.15) is 38.5 Å². The van der Waals surface area contributed by atoms with Crippen LogP contribution < -0.4 is 15.5 Å². The number of halogens is 2. The lowest BCUT2D eigenvalue weighted by Gasteiger charge is -2.30. The molecule has 2 saturated heterocycles. The van der Waals surface area contributed by atoms with Gasteiger partial charge in [-0.3, -0.25) is 4.79 Å². The van der Waals surface area contributed by atoms with E-state index in [-0.39, 0.29) is 36.6 Å². The minimum Gasteiger partial charge on any atom is -0.370 e. The van der Waals surface area contributed by atoms with Crippen molar-refractivity contribution in [2.75, 3.05) is 36.4 Å². The highest BCUT2D eigenvalue weighted by molar-refractivity contribution is 5.98. The first-order chi connectivity index (χ1) is 11.3. The average Bonchev–Trinajstić information content (AvgIpc) is 3.30. The van der Waals surface area contributed by atoms with Crippen LogP contribution in [0, 0.1) is 11.3 Å². The lowest BCUT2D eigenvalue weighted by atomic mass is 9.92. The Labute approximate surface area is 162 Å². The molecule has 1 saturated carbocycles. The molecule has 1 aliphatic carbocycles. The Morgan fingerprint density at radius 3 is 2.48 bits per heavy atom. The average molecular weight is 386 g/mol. The highest BCUT2D eigenvalue weighted by atomic mass is 35.5. The van der Waals surface area contributed by atoms with E-state index >= 15 is 0 Å². The molecule has 0 radical (unpaired) electrons. The summed E-state index contributed by atoms with van der Waals surface area (Å²) in [5.41, 5.74) is 2.49. The van der Waals surface area contributed by atoms with Crippen molar-refractivity contribution in [3.63, 3.8) is 0 Å². The predicted octanol–water partition coefficient (Wildman–Crippen LogP) is 3.85. The summed E-state index contributed by atoms with van der Waals surface area (Å²) in [5.74, 6) is 0.454. The Kier molecular flexibility index (Phi) is 7.01. The summed E-state index contributed by atoms with van der Waals surface area (Å²) < 4.78 is 0. The van der Waals surface area contributed by atoms with Gasteiger partial charge in [0, 0.05) is 19.0 Å². The number of nitrogens with one attached hydrogen (secondary N) is 2. The molecule has 3 aliphatic rings. The molecule has 6 heteroatoms. The summed E-state index contributed by atoms with van der Waals surface area (Å²) in [6, 6.07) is 8.30. The molecule has 1 aromatic carbocycles. The summed E-state index contributed by atoms with van der Waals surface area (Å²) in [4.78, 5) is 15.2. The Balaban J connectivity index is 0.00000113. The molecule has 2 heterocycles. The molecule has 1 spiro atoms. The topological polar surface area (TPSA) is 44.4 Å². The molecule has 1 atom stereocenters. The summed E-state index contributed by atoms with van der Waals surface area (Å²) in [6.45, 7) is 4.33. The molecule has 0 bridgehead atoms. The minimum atomic E-state index is 0. The lowest BCUT2D eigenvalue weighted by Crippen LogP contribution is -2.32. The smallest absolute Gasteiger partial charge is 0.228 e. The van der Waals surface area contributed by atoms with Crippen molar-refractivity contribution in [2.45, 2.75) is 38.5 Å². The first-order valence-electron chi connectivity index (χ1n) is 9.14. The molecule has 4 nitrogen and oxygen atoms in total. The van der Waals surface area contributed by atoms with Crippen molar-refractivity contribution >= 4 is 42.1 Å². The molecule has 1 aromatic rings. The Morgan fingerprint density at radius 2 is 1.76 bits per heavy atom. The standard InChI is InChI=1S/C19H27N3O.2ClH/c23-18(15-14-19(15)8-10-20-11-9-19)21-16-6-2-3-7-17(16)22-12-4-1-5-13-22;;/h2-3,6-7,15,20H,1,4-5,8-14H2,(H,21,23);2*1H. The molecular weight excluding hydrogens is 357 g/mol. The number of rotatable bonds is 3. The van der Waals surface area contributed by atoms with Crippen LogP contribution in [0.3, 0.4) is 0 Å². The number of carbonyl (C=O) groups is 1. The van der Waals surface area contributed by atoms with Gasteiger partial charge in [0.15, 0.2) is 0 Å². The maximum atomic E-state index is 12.7. The van der Waals surface area contributed by atoms with Crippen LogP contribution in [-0.2, 0) is 4.79 Å². The van der Waals surface area contributed by atoms with Gasteiger partial charge in [0.05, 0.1) is 11.4 Å². The number of nitrogens with zero attached hydrogens (tertiary/aromatic N) is 1. The van der Waals surface area contributed by atoms with Crippen LogP contribution in [0.25, 0.3) is 0 Å². The van der Waals surface area contributed by atoms with Gasteiger partial charge in [-0.25, -0.2) is 0 Å². The molecule has 3 fully saturated rings. The molecule has 4 rings (SSSR count). The highest BCUT2D eigenvalue weighted by Gasteiger charge is 2.57. The number of hydrogen-bond donors (Lipinski definition) is 2. The fraction of sp³-hybridized carbons (Fsp3) is 0.632. The van der Waals surface area contributed by atoms with Gasteiger partial charge in [0.2, 0.25) is 5.91 Å². The number of hydrogen-bond acceptors (Lipinski definition) is 3. The number of para-hydroxylation sites is 2. The van der Waals surface area contributed by atoms with E-state index in [2.05, 4.69) is 33.7 Å². The quantitative estimate of drug-likeness (QED) is 0.830. The number of anilines is 2. The zero-order chi connectivity index (χ0) is 15.7. The second-order valence-corrected chi connectivity index (χ2v) is 7.42. The monoisotopic (exact) mass is 385 g/mol. The van der Waals surface area contributed by atoms with Gasteiger partial charge in [-0.05, 0) is 69.2 Å². The third-order valence-corrected chi connectivity index (χ3v) is 5.96. The van der Waals surface area contributed by atoms with E-state index in [0.29, 0.717) is 5.41 Å². The van der Waals surface area contributed by atoms with Gasteiger partial charge < -0.3 is 15.5 Å². The van der Waals surface area contributed by atoms with Crippen LogP contribution in [0.15, 0.2) is 24.3 Å². The largest absolute Gasteiger partial charge is 0.370 e. The van der Waals surface area contributed by atoms with Gasteiger partial charge in [-0.1, -0.05) is 12.1 Å². The molecule has 1 amide bonds. The summed E-state index contributed by atoms with van der Waals surface area (Å²) >= 11 is 0. The molecule has 140 valence electrons. The summed E-state index contributed by atoms with van der Waals surface area (Å²) in [7, 11) is 0. The lowest BCUT2D eigenvalue weighted by molar-refractivity contribution is -0.118. The minimum absolute atomic E-state index is 0. The van der Waals surface area contributed by atoms with E-state index < -0.39 is 0 Å². The maximum Gasteiger partial charge on any atom is 0.228 e. The van der Waals surface area contributed by atoms with Crippen LogP contribution in [-0.4, -0.2) is 32.1 Å². The Bertz CT molecular complexity index is 584. The zero-order valence-electron chi connectivity index (χ0n) is 14.6. The predicted molar refractivity (Wildman–Crippen MR) is 108 cm³/mol. The van der Waals surface area contributed by atoms with Gasteiger partial charge in [0.1, 0.15) is 0 Å². The summed E-state index contributed by atoms with van der Waals surface area (Å²) in [5, 5.41) is 6.64. The van der Waals surface area contributed by atoms with Crippen molar-refractivity contribution in [3.8, 4) is 0 Å². The van der Waals surface area contributed by atoms with Gasteiger partial charge >= 0.3 is 0 Å². The number of benzene rings is 1. The van der Waals surface area contributed by atoms with Gasteiger partial charge in [-0.2, -0.15) is 0 Å². The van der Waals surface area contributed by atoms with E-state index in [1.807, 2.05) is 6.07 Å². The molecule has 1 unspecified atom stereocenters.